The lowest BCUT2D eigenvalue weighted by Crippen LogP contribution is -2.46. The summed E-state index contributed by atoms with van der Waals surface area (Å²) in [4.78, 5) is 15.0. The summed E-state index contributed by atoms with van der Waals surface area (Å²) >= 11 is 0. The molecule has 3 nitrogen and oxygen atoms in total. The Morgan fingerprint density at radius 2 is 2.00 bits per heavy atom. The number of likely N-dealkylation sites (N-methyl/N-ethyl adjacent to an activating group) is 1. The zero-order chi connectivity index (χ0) is 15.9. The predicted octanol–water partition coefficient (Wildman–Crippen LogP) is 3.37. The molecular weight excluding hydrogens is 272 g/mol. The van der Waals surface area contributed by atoms with E-state index in [0.29, 0.717) is 5.91 Å². The number of nitrogens with two attached hydrogens (primary N) is 1. The number of carbonyl (C=O) groups excluding carboxylic acids is 1. The van der Waals surface area contributed by atoms with E-state index in [2.05, 4.69) is 43.0 Å². The van der Waals surface area contributed by atoms with Gasteiger partial charge in [-0.3, -0.25) is 4.79 Å². The third kappa shape index (κ3) is 4.33. The van der Waals surface area contributed by atoms with Crippen LogP contribution in [0, 0.1) is 5.92 Å². The van der Waals surface area contributed by atoms with Gasteiger partial charge in [0.2, 0.25) is 5.91 Å². The lowest BCUT2D eigenvalue weighted by molar-refractivity contribution is -0.139. The van der Waals surface area contributed by atoms with Crippen LogP contribution in [-0.2, 0) is 11.2 Å². The normalized spacial score (nSPS) is 23.0. The first-order valence-corrected chi connectivity index (χ1v) is 8.75. The van der Waals surface area contributed by atoms with Gasteiger partial charge in [-0.05, 0) is 44.6 Å². The second-order valence-electron chi connectivity index (χ2n) is 6.50. The first-order valence-electron chi connectivity index (χ1n) is 8.75. The van der Waals surface area contributed by atoms with Crippen LogP contribution >= 0.6 is 0 Å². The van der Waals surface area contributed by atoms with Crippen molar-refractivity contribution in [3.8, 4) is 0 Å². The molecule has 1 amide bonds. The summed E-state index contributed by atoms with van der Waals surface area (Å²) in [7, 11) is 0. The molecule has 1 fully saturated rings. The van der Waals surface area contributed by atoms with Crippen LogP contribution in [0.1, 0.15) is 51.5 Å². The second kappa shape index (κ2) is 8.33. The molecule has 22 heavy (non-hydrogen) atoms. The van der Waals surface area contributed by atoms with Crippen molar-refractivity contribution in [3.05, 3.63) is 35.9 Å². The lowest BCUT2D eigenvalue weighted by atomic mass is 9.84. The van der Waals surface area contributed by atoms with Crippen LogP contribution in [0.2, 0.25) is 0 Å². The minimum absolute atomic E-state index is 0.133. The van der Waals surface area contributed by atoms with Crippen LogP contribution in [0.15, 0.2) is 30.3 Å². The lowest BCUT2D eigenvalue weighted by Gasteiger charge is -2.35. The summed E-state index contributed by atoms with van der Waals surface area (Å²) < 4.78 is 0. The maximum absolute atomic E-state index is 12.9. The van der Waals surface area contributed by atoms with Crippen molar-refractivity contribution in [1.29, 1.82) is 0 Å². The van der Waals surface area contributed by atoms with E-state index in [1.807, 2.05) is 6.07 Å². The van der Waals surface area contributed by atoms with Gasteiger partial charge in [-0.1, -0.05) is 43.7 Å². The van der Waals surface area contributed by atoms with E-state index in [1.54, 1.807) is 0 Å². The smallest absolute Gasteiger partial charge is 0.225 e. The van der Waals surface area contributed by atoms with Crippen LogP contribution in [0.25, 0.3) is 0 Å². The molecule has 0 spiro atoms. The highest BCUT2D eigenvalue weighted by Crippen LogP contribution is 2.26. The topological polar surface area (TPSA) is 46.3 Å². The van der Waals surface area contributed by atoms with Gasteiger partial charge in [0.05, 0.1) is 0 Å². The van der Waals surface area contributed by atoms with E-state index >= 15 is 0 Å². The molecule has 0 bridgehead atoms. The highest BCUT2D eigenvalue weighted by molar-refractivity contribution is 5.79. The molecule has 1 saturated carbocycles. The summed E-state index contributed by atoms with van der Waals surface area (Å²) in [6.07, 6.45) is 5.95. The first kappa shape index (κ1) is 17.0. The number of carbonyl (C=O) groups is 1. The monoisotopic (exact) mass is 302 g/mol. The maximum atomic E-state index is 12.9. The average Bonchev–Trinajstić information content (AvgIpc) is 2.55. The second-order valence-corrected chi connectivity index (χ2v) is 6.50. The minimum Gasteiger partial charge on any atom is -0.339 e. The minimum atomic E-state index is 0.133. The molecule has 1 aromatic carbocycles. The summed E-state index contributed by atoms with van der Waals surface area (Å²) in [5, 5.41) is 0. The van der Waals surface area contributed by atoms with E-state index in [0.717, 1.165) is 45.1 Å². The van der Waals surface area contributed by atoms with Gasteiger partial charge in [0.15, 0.2) is 0 Å². The summed E-state index contributed by atoms with van der Waals surface area (Å²) in [5.41, 5.74) is 7.37. The van der Waals surface area contributed by atoms with Crippen molar-refractivity contribution < 1.29 is 4.79 Å². The van der Waals surface area contributed by atoms with Crippen molar-refractivity contribution in [2.75, 3.05) is 6.54 Å². The Balaban J connectivity index is 2.05. The molecule has 0 radical (unpaired) electrons. The fraction of sp³-hybridized carbons (Fsp3) is 0.632. The fourth-order valence-electron chi connectivity index (χ4n) is 3.64. The van der Waals surface area contributed by atoms with Gasteiger partial charge in [0.1, 0.15) is 0 Å². The largest absolute Gasteiger partial charge is 0.339 e. The van der Waals surface area contributed by atoms with Crippen molar-refractivity contribution in [2.24, 2.45) is 11.7 Å². The fourth-order valence-corrected chi connectivity index (χ4v) is 3.64. The highest BCUT2D eigenvalue weighted by atomic mass is 16.2. The Hall–Kier alpha value is -1.35. The van der Waals surface area contributed by atoms with Crippen LogP contribution in [-0.4, -0.2) is 29.4 Å². The summed E-state index contributed by atoms with van der Waals surface area (Å²) in [6, 6.07) is 11.0. The number of hydrogen-bond acceptors (Lipinski definition) is 2. The molecule has 3 heteroatoms. The number of nitrogens with zero attached hydrogens (tertiary/aromatic N) is 1. The molecule has 2 N–H and O–H groups in total. The third-order valence-electron chi connectivity index (χ3n) is 4.91. The van der Waals surface area contributed by atoms with Crippen molar-refractivity contribution >= 4 is 5.91 Å². The van der Waals surface area contributed by atoms with Crippen LogP contribution in [0.5, 0.6) is 0 Å². The number of amides is 1. The van der Waals surface area contributed by atoms with Gasteiger partial charge in [-0.15, -0.1) is 0 Å². The van der Waals surface area contributed by atoms with Gasteiger partial charge in [-0.2, -0.15) is 0 Å². The number of hydrogen-bond donors (Lipinski definition) is 1. The Bertz CT molecular complexity index is 460. The SMILES string of the molecule is CCC(Cc1ccccc1)N(CC)C(=O)C1CCCC(N)C1. The van der Waals surface area contributed by atoms with Crippen LogP contribution in [0.3, 0.4) is 0 Å². The standard InChI is InChI=1S/C19H30N2O/c1-3-18(13-15-9-6-5-7-10-15)21(4-2)19(22)16-11-8-12-17(20)14-16/h5-7,9-10,16-18H,3-4,8,11-14,20H2,1-2H3. The number of benzene rings is 1. The highest BCUT2D eigenvalue weighted by Gasteiger charge is 2.31. The molecule has 0 aromatic heterocycles. The van der Waals surface area contributed by atoms with E-state index in [9.17, 15) is 4.79 Å². The molecule has 0 saturated heterocycles. The molecule has 3 unspecified atom stereocenters. The van der Waals surface area contributed by atoms with Crippen molar-refractivity contribution in [3.63, 3.8) is 0 Å². The predicted molar refractivity (Wildman–Crippen MR) is 91.5 cm³/mol. The quantitative estimate of drug-likeness (QED) is 0.875. The van der Waals surface area contributed by atoms with E-state index in [-0.39, 0.29) is 18.0 Å². The Morgan fingerprint density at radius 1 is 1.27 bits per heavy atom. The summed E-state index contributed by atoms with van der Waals surface area (Å²) in [6.45, 7) is 5.06. The Morgan fingerprint density at radius 3 is 2.59 bits per heavy atom. The van der Waals surface area contributed by atoms with Gasteiger partial charge in [0.25, 0.3) is 0 Å². The zero-order valence-electron chi connectivity index (χ0n) is 14.0. The molecule has 3 atom stereocenters. The Kier molecular flexibility index (Phi) is 6.44. The Labute approximate surface area is 134 Å². The van der Waals surface area contributed by atoms with Gasteiger partial charge < -0.3 is 10.6 Å². The van der Waals surface area contributed by atoms with E-state index in [4.69, 9.17) is 5.73 Å². The first-order chi connectivity index (χ1) is 10.7. The molecule has 122 valence electrons. The maximum Gasteiger partial charge on any atom is 0.225 e. The molecule has 1 aliphatic carbocycles. The molecule has 1 aliphatic rings. The number of rotatable bonds is 6. The van der Waals surface area contributed by atoms with E-state index < -0.39 is 0 Å². The van der Waals surface area contributed by atoms with Gasteiger partial charge in [0, 0.05) is 24.5 Å². The van der Waals surface area contributed by atoms with Gasteiger partial charge in [-0.25, -0.2) is 0 Å². The van der Waals surface area contributed by atoms with Gasteiger partial charge >= 0.3 is 0 Å². The van der Waals surface area contributed by atoms with Crippen LogP contribution < -0.4 is 5.73 Å². The molecule has 0 aliphatic heterocycles. The van der Waals surface area contributed by atoms with E-state index in [1.165, 1.54) is 5.56 Å². The van der Waals surface area contributed by atoms with Crippen molar-refractivity contribution in [2.45, 2.75) is 64.5 Å². The molecule has 0 heterocycles. The molecule has 2 rings (SSSR count). The third-order valence-corrected chi connectivity index (χ3v) is 4.91. The average molecular weight is 302 g/mol. The van der Waals surface area contributed by atoms with Crippen LogP contribution in [0.4, 0.5) is 0 Å². The van der Waals surface area contributed by atoms with Crippen molar-refractivity contribution in [1.82, 2.24) is 4.90 Å². The molecular formula is C19H30N2O. The zero-order valence-corrected chi connectivity index (χ0v) is 14.0. The summed E-state index contributed by atoms with van der Waals surface area (Å²) in [5.74, 6) is 0.453. The molecule has 1 aromatic rings.